The van der Waals surface area contributed by atoms with E-state index in [0.717, 1.165) is 18.5 Å². The van der Waals surface area contributed by atoms with Crippen LogP contribution in [0, 0.1) is 5.92 Å². The minimum absolute atomic E-state index is 0.819. The fourth-order valence-electron chi connectivity index (χ4n) is 2.58. The number of piperidine rings is 1. The van der Waals surface area contributed by atoms with Gasteiger partial charge in [0.25, 0.3) is 0 Å². The Balaban J connectivity index is 1.46. The van der Waals surface area contributed by atoms with E-state index in [4.69, 9.17) is 0 Å². The van der Waals surface area contributed by atoms with E-state index in [1.54, 1.807) is 0 Å². The molecule has 2 nitrogen and oxygen atoms in total. The van der Waals surface area contributed by atoms with Crippen molar-refractivity contribution < 1.29 is 0 Å². The van der Waals surface area contributed by atoms with Crippen LogP contribution in [0.2, 0.25) is 0 Å². The number of likely N-dealkylation sites (tertiary alicyclic amines) is 1. The van der Waals surface area contributed by atoms with E-state index in [0.29, 0.717) is 0 Å². The highest BCUT2D eigenvalue weighted by Crippen LogP contribution is 2.24. The van der Waals surface area contributed by atoms with Crippen molar-refractivity contribution in [3.05, 3.63) is 21.9 Å². The van der Waals surface area contributed by atoms with Gasteiger partial charge in [0.2, 0.25) is 0 Å². The maximum atomic E-state index is 3.59. The molecule has 3 heteroatoms. The highest BCUT2D eigenvalue weighted by molar-refractivity contribution is 7.11. The van der Waals surface area contributed by atoms with Gasteiger partial charge in [0, 0.05) is 28.9 Å². The van der Waals surface area contributed by atoms with Gasteiger partial charge in [0.05, 0.1) is 0 Å². The maximum absolute atomic E-state index is 3.59. The molecule has 2 aliphatic rings. The normalized spacial score (nSPS) is 22.5. The summed E-state index contributed by atoms with van der Waals surface area (Å²) < 4.78 is 0. The lowest BCUT2D eigenvalue weighted by Gasteiger charge is -2.29. The minimum atomic E-state index is 0.819. The Hall–Kier alpha value is -0.380. The molecule has 0 radical (unpaired) electrons. The third-order valence-corrected chi connectivity index (χ3v) is 5.19. The standard InChI is InChI=1S/C15H24N2S/c1-12-6-8-17(9-7-12)11-15-5-4-14(18-15)10-16-13-2-3-13/h4-5,12-13,16H,2-3,6-11H2,1H3. The summed E-state index contributed by atoms with van der Waals surface area (Å²) in [4.78, 5) is 5.66. The summed E-state index contributed by atoms with van der Waals surface area (Å²) >= 11 is 1.99. The van der Waals surface area contributed by atoms with E-state index in [9.17, 15) is 0 Å². The number of thiophene rings is 1. The highest BCUT2D eigenvalue weighted by Gasteiger charge is 2.20. The van der Waals surface area contributed by atoms with E-state index in [2.05, 4.69) is 29.3 Å². The molecule has 1 saturated carbocycles. The molecule has 18 heavy (non-hydrogen) atoms. The molecule has 1 N–H and O–H groups in total. The summed E-state index contributed by atoms with van der Waals surface area (Å²) in [5.41, 5.74) is 0. The molecule has 100 valence electrons. The molecular weight excluding hydrogens is 240 g/mol. The smallest absolute Gasteiger partial charge is 0.0328 e. The zero-order chi connectivity index (χ0) is 12.4. The van der Waals surface area contributed by atoms with Gasteiger partial charge in [-0.05, 0) is 56.8 Å². The second-order valence-electron chi connectivity index (χ2n) is 5.98. The van der Waals surface area contributed by atoms with Crippen LogP contribution in [0.15, 0.2) is 12.1 Å². The third kappa shape index (κ3) is 3.56. The van der Waals surface area contributed by atoms with Crippen molar-refractivity contribution in [3.63, 3.8) is 0 Å². The second-order valence-corrected chi connectivity index (χ2v) is 7.23. The first kappa shape index (κ1) is 12.6. The van der Waals surface area contributed by atoms with Crippen molar-refractivity contribution in [3.8, 4) is 0 Å². The van der Waals surface area contributed by atoms with Crippen LogP contribution in [0.25, 0.3) is 0 Å². The average Bonchev–Trinajstić information content (AvgIpc) is 3.10. The van der Waals surface area contributed by atoms with Gasteiger partial charge >= 0.3 is 0 Å². The van der Waals surface area contributed by atoms with E-state index >= 15 is 0 Å². The van der Waals surface area contributed by atoms with Gasteiger partial charge < -0.3 is 5.32 Å². The molecule has 1 saturated heterocycles. The monoisotopic (exact) mass is 264 g/mol. The predicted molar refractivity (Wildman–Crippen MR) is 77.9 cm³/mol. The van der Waals surface area contributed by atoms with Crippen LogP contribution < -0.4 is 5.32 Å². The fraction of sp³-hybridized carbons (Fsp3) is 0.733. The van der Waals surface area contributed by atoms with Gasteiger partial charge in [-0.2, -0.15) is 0 Å². The zero-order valence-electron chi connectivity index (χ0n) is 11.3. The van der Waals surface area contributed by atoms with Gasteiger partial charge in [0.1, 0.15) is 0 Å². The first-order valence-electron chi connectivity index (χ1n) is 7.33. The van der Waals surface area contributed by atoms with Crippen LogP contribution >= 0.6 is 11.3 Å². The first-order valence-corrected chi connectivity index (χ1v) is 8.14. The van der Waals surface area contributed by atoms with Crippen LogP contribution in [0.1, 0.15) is 42.4 Å². The first-order chi connectivity index (χ1) is 8.79. The molecule has 0 bridgehead atoms. The number of nitrogens with one attached hydrogen (secondary N) is 1. The Bertz CT molecular complexity index is 376. The largest absolute Gasteiger partial charge is 0.309 e. The quantitative estimate of drug-likeness (QED) is 0.878. The summed E-state index contributed by atoms with van der Waals surface area (Å²) in [7, 11) is 0. The van der Waals surface area contributed by atoms with Crippen molar-refractivity contribution in [1.82, 2.24) is 10.2 Å². The second kappa shape index (κ2) is 5.72. The van der Waals surface area contributed by atoms with E-state index in [1.807, 2.05) is 11.3 Å². The van der Waals surface area contributed by atoms with Gasteiger partial charge in [-0.25, -0.2) is 0 Å². The fourth-order valence-corrected chi connectivity index (χ4v) is 3.59. The Kier molecular flexibility index (Phi) is 4.02. The molecule has 0 spiro atoms. The topological polar surface area (TPSA) is 15.3 Å². The number of nitrogens with zero attached hydrogens (tertiary/aromatic N) is 1. The number of rotatable bonds is 5. The van der Waals surface area contributed by atoms with Crippen molar-refractivity contribution in [2.45, 2.75) is 51.7 Å². The Morgan fingerprint density at radius 3 is 2.61 bits per heavy atom. The zero-order valence-corrected chi connectivity index (χ0v) is 12.1. The molecule has 1 aliphatic carbocycles. The molecule has 0 amide bonds. The highest BCUT2D eigenvalue weighted by atomic mass is 32.1. The molecule has 0 aromatic carbocycles. The Labute approximate surface area is 114 Å². The molecule has 1 aromatic heterocycles. The van der Waals surface area contributed by atoms with Gasteiger partial charge in [-0.15, -0.1) is 11.3 Å². The maximum Gasteiger partial charge on any atom is 0.0328 e. The van der Waals surface area contributed by atoms with Crippen LogP contribution in [0.4, 0.5) is 0 Å². The summed E-state index contributed by atoms with van der Waals surface area (Å²) in [6.07, 6.45) is 5.51. The molecule has 0 unspecified atom stereocenters. The van der Waals surface area contributed by atoms with Crippen molar-refractivity contribution in [2.75, 3.05) is 13.1 Å². The molecule has 1 aromatic rings. The lowest BCUT2D eigenvalue weighted by molar-refractivity contribution is 0.186. The Morgan fingerprint density at radius 1 is 1.17 bits per heavy atom. The van der Waals surface area contributed by atoms with Crippen LogP contribution in [-0.2, 0) is 13.1 Å². The van der Waals surface area contributed by atoms with Gasteiger partial charge in [-0.3, -0.25) is 4.90 Å². The molecular formula is C15H24N2S. The lowest BCUT2D eigenvalue weighted by atomic mass is 9.99. The number of hydrogen-bond donors (Lipinski definition) is 1. The molecule has 2 heterocycles. The van der Waals surface area contributed by atoms with Crippen LogP contribution in [-0.4, -0.2) is 24.0 Å². The number of hydrogen-bond acceptors (Lipinski definition) is 3. The lowest BCUT2D eigenvalue weighted by Crippen LogP contribution is -2.32. The van der Waals surface area contributed by atoms with E-state index in [1.165, 1.54) is 55.1 Å². The van der Waals surface area contributed by atoms with Gasteiger partial charge in [0.15, 0.2) is 0 Å². The van der Waals surface area contributed by atoms with Gasteiger partial charge in [-0.1, -0.05) is 6.92 Å². The van der Waals surface area contributed by atoms with Crippen LogP contribution in [0.3, 0.4) is 0 Å². The van der Waals surface area contributed by atoms with Crippen LogP contribution in [0.5, 0.6) is 0 Å². The summed E-state index contributed by atoms with van der Waals surface area (Å²) in [6, 6.07) is 5.45. The Morgan fingerprint density at radius 2 is 1.89 bits per heavy atom. The third-order valence-electron chi connectivity index (χ3n) is 4.12. The molecule has 0 atom stereocenters. The minimum Gasteiger partial charge on any atom is -0.309 e. The SMILES string of the molecule is CC1CCN(Cc2ccc(CNC3CC3)s2)CC1. The van der Waals surface area contributed by atoms with Crippen molar-refractivity contribution in [1.29, 1.82) is 0 Å². The molecule has 2 fully saturated rings. The average molecular weight is 264 g/mol. The summed E-state index contributed by atoms with van der Waals surface area (Å²) in [5, 5.41) is 3.59. The van der Waals surface area contributed by atoms with Crippen molar-refractivity contribution in [2.24, 2.45) is 5.92 Å². The van der Waals surface area contributed by atoms with Crippen molar-refractivity contribution >= 4 is 11.3 Å². The predicted octanol–water partition coefficient (Wildman–Crippen LogP) is 3.23. The van der Waals surface area contributed by atoms with E-state index in [-0.39, 0.29) is 0 Å². The van der Waals surface area contributed by atoms with E-state index < -0.39 is 0 Å². The molecule has 3 rings (SSSR count). The summed E-state index contributed by atoms with van der Waals surface area (Å²) in [6.45, 7) is 7.20. The summed E-state index contributed by atoms with van der Waals surface area (Å²) in [5.74, 6) is 0.933. The molecule has 1 aliphatic heterocycles.